The van der Waals surface area contributed by atoms with Crippen LogP contribution in [0.25, 0.3) is 0 Å². The summed E-state index contributed by atoms with van der Waals surface area (Å²) >= 11 is 0. The SMILES string of the molecule is O=C(O)CC(=O)OC[C@H]1O[C@@H](OC2CC(O)CC3OC(C4CC(O)C(O)C(O)C4)C(O[C@@H]4O[C@H](COC(=O)C=CC5CCC(O)CC5)[C@@H](O)[C@H](O)[C@H]4O)CC32)[C@H](O)[C@@H](O)[C@@H]1OC(=O)CC(=O)O. The Morgan fingerprint density at radius 1 is 0.552 bits per heavy atom. The second-order valence-corrected chi connectivity index (χ2v) is 18.2. The van der Waals surface area contributed by atoms with Crippen molar-refractivity contribution in [3.8, 4) is 0 Å². The van der Waals surface area contributed by atoms with Crippen LogP contribution in [0.5, 0.6) is 0 Å². The second kappa shape index (κ2) is 23.4. The molecular weight excluding hydrogens is 904 g/mol. The summed E-state index contributed by atoms with van der Waals surface area (Å²) in [5.74, 6) is -8.07. The molecule has 3 heterocycles. The fourth-order valence-electron chi connectivity index (χ4n) is 9.79. The Hall–Kier alpha value is -3.51. The second-order valence-electron chi connectivity index (χ2n) is 18.2. The average molecular weight is 967 g/mol. The maximum absolute atomic E-state index is 12.7. The summed E-state index contributed by atoms with van der Waals surface area (Å²) in [5.41, 5.74) is 0. The van der Waals surface area contributed by atoms with E-state index in [1.54, 1.807) is 6.08 Å². The van der Waals surface area contributed by atoms with Crippen molar-refractivity contribution in [2.24, 2.45) is 17.8 Å². The van der Waals surface area contributed by atoms with Crippen LogP contribution >= 0.6 is 0 Å². The van der Waals surface area contributed by atoms with Gasteiger partial charge in [0.05, 0.1) is 48.8 Å². The van der Waals surface area contributed by atoms with Crippen molar-refractivity contribution in [1.29, 1.82) is 0 Å². The van der Waals surface area contributed by atoms with E-state index >= 15 is 0 Å². The van der Waals surface area contributed by atoms with Gasteiger partial charge < -0.3 is 99.2 Å². The lowest BCUT2D eigenvalue weighted by Crippen LogP contribution is -2.64. The molecule has 67 heavy (non-hydrogen) atoms. The van der Waals surface area contributed by atoms with E-state index in [4.69, 9.17) is 48.1 Å². The average Bonchev–Trinajstić information content (AvgIpc) is 3.26. The minimum absolute atomic E-state index is 0.00724. The largest absolute Gasteiger partial charge is 0.481 e. The number of aliphatic carboxylic acids is 2. The molecule has 3 aliphatic carbocycles. The van der Waals surface area contributed by atoms with E-state index in [1.165, 1.54) is 6.08 Å². The van der Waals surface area contributed by atoms with Crippen LogP contribution in [0, 0.1) is 17.8 Å². The number of hydrogen-bond donors (Lipinski definition) is 12. The van der Waals surface area contributed by atoms with E-state index in [0.717, 1.165) is 0 Å². The van der Waals surface area contributed by atoms with Crippen molar-refractivity contribution in [3.63, 3.8) is 0 Å². The molecule has 3 saturated carbocycles. The van der Waals surface area contributed by atoms with Gasteiger partial charge in [0.25, 0.3) is 0 Å². The van der Waals surface area contributed by atoms with Crippen molar-refractivity contribution in [3.05, 3.63) is 12.2 Å². The Kier molecular flexibility index (Phi) is 18.5. The molecule has 0 amide bonds. The molecule has 0 bridgehead atoms. The number of hydrogen-bond acceptors (Lipinski definition) is 23. The topological polar surface area (TPSA) is 402 Å². The number of ether oxygens (including phenoxy) is 8. The summed E-state index contributed by atoms with van der Waals surface area (Å²) in [4.78, 5) is 59.3. The predicted octanol–water partition coefficient (Wildman–Crippen LogP) is -4.51. The molecule has 6 rings (SSSR count). The number of carbonyl (C=O) groups is 5. The summed E-state index contributed by atoms with van der Waals surface area (Å²) < 4.78 is 46.2. The van der Waals surface area contributed by atoms with Crippen LogP contribution in [0.3, 0.4) is 0 Å². The van der Waals surface area contributed by atoms with E-state index in [2.05, 4.69) is 0 Å². The molecule has 25 nitrogen and oxygen atoms in total. The maximum Gasteiger partial charge on any atom is 0.330 e. The Morgan fingerprint density at radius 3 is 1.78 bits per heavy atom. The lowest BCUT2D eigenvalue weighted by molar-refractivity contribution is -0.345. The van der Waals surface area contributed by atoms with Crippen molar-refractivity contribution in [2.45, 2.75) is 187 Å². The molecule has 0 aromatic rings. The van der Waals surface area contributed by atoms with E-state index in [-0.39, 0.29) is 38.0 Å². The lowest BCUT2D eigenvalue weighted by atomic mass is 9.72. The highest BCUT2D eigenvalue weighted by molar-refractivity contribution is 5.90. The fraction of sp³-hybridized carbons (Fsp3) is 0.833. The fourth-order valence-corrected chi connectivity index (χ4v) is 9.79. The zero-order chi connectivity index (χ0) is 48.9. The first-order valence-electron chi connectivity index (χ1n) is 22.4. The van der Waals surface area contributed by atoms with Gasteiger partial charge in [-0.1, -0.05) is 6.08 Å². The van der Waals surface area contributed by atoms with Crippen LogP contribution in [-0.2, 0) is 61.9 Å². The van der Waals surface area contributed by atoms with E-state index in [9.17, 15) is 75.0 Å². The zero-order valence-corrected chi connectivity index (χ0v) is 36.2. The van der Waals surface area contributed by atoms with Gasteiger partial charge in [-0.05, 0) is 63.2 Å². The van der Waals surface area contributed by atoms with Crippen LogP contribution in [0.4, 0.5) is 0 Å². The third kappa shape index (κ3) is 13.6. The van der Waals surface area contributed by atoms with Gasteiger partial charge in [-0.3, -0.25) is 19.2 Å². The monoisotopic (exact) mass is 966 g/mol. The predicted molar refractivity (Wildman–Crippen MR) is 213 cm³/mol. The third-order valence-corrected chi connectivity index (χ3v) is 13.3. The highest BCUT2D eigenvalue weighted by Crippen LogP contribution is 2.45. The van der Waals surface area contributed by atoms with E-state index in [1.807, 2.05) is 0 Å². The number of aliphatic hydroxyl groups excluding tert-OH is 10. The normalized spacial score (nSPS) is 43.7. The molecule has 0 spiro atoms. The third-order valence-electron chi connectivity index (χ3n) is 13.3. The van der Waals surface area contributed by atoms with E-state index in [0.29, 0.717) is 25.7 Å². The summed E-state index contributed by atoms with van der Waals surface area (Å²) in [6.07, 6.45) is -25.7. The lowest BCUT2D eigenvalue weighted by Gasteiger charge is -2.53. The first-order chi connectivity index (χ1) is 31.7. The van der Waals surface area contributed by atoms with Crippen LogP contribution in [0.2, 0.25) is 0 Å². The number of carbonyl (C=O) groups excluding carboxylic acids is 3. The molecule has 0 radical (unpaired) electrons. The highest BCUT2D eigenvalue weighted by atomic mass is 16.7. The van der Waals surface area contributed by atoms with Crippen molar-refractivity contribution in [2.75, 3.05) is 13.2 Å². The standard InChI is InChI=1S/C42H62O25/c43-18-4-1-16(2-5-18)3-6-30(51)60-14-26-34(55)35(56)37(58)41(65-26)64-25-11-20-23(62-39(25)17-7-21(45)33(54)22(46)8-17)9-19(44)10-24(20)63-42-38(59)36(57)40(67-32(53)13-29(49)50)27(66-42)15-61-31(52)12-28(47)48/h3,6,16-27,33-46,54-59H,1-2,4-5,7-15H2,(H,47,48)(H,49,50)/t16?,17?,18?,19?,20?,21?,22?,23?,24?,25?,26-,27-,33?,34-,35+,36-,37-,38-,39?,40-,41-,42-/m1/s1. The molecule has 6 fully saturated rings. The Balaban J connectivity index is 1.20. The van der Waals surface area contributed by atoms with Crippen LogP contribution < -0.4 is 0 Å². The molecule has 3 saturated heterocycles. The van der Waals surface area contributed by atoms with Gasteiger partial charge in [0.2, 0.25) is 0 Å². The zero-order valence-electron chi connectivity index (χ0n) is 36.2. The van der Waals surface area contributed by atoms with Crippen LogP contribution in [0.15, 0.2) is 12.2 Å². The van der Waals surface area contributed by atoms with Gasteiger partial charge in [-0.15, -0.1) is 0 Å². The van der Waals surface area contributed by atoms with Gasteiger partial charge in [0.1, 0.15) is 74.9 Å². The molecule has 25 heteroatoms. The summed E-state index contributed by atoms with van der Waals surface area (Å²) in [6, 6.07) is 0. The molecule has 3 aliphatic heterocycles. The van der Waals surface area contributed by atoms with Crippen LogP contribution in [-0.4, -0.2) is 221 Å². The molecular formula is C42H62O25. The molecule has 8 unspecified atom stereocenters. The number of carboxylic acids is 2. The summed E-state index contributed by atoms with van der Waals surface area (Å²) in [7, 11) is 0. The number of aliphatic hydroxyl groups is 10. The quantitative estimate of drug-likeness (QED) is 0.0300. The molecule has 0 aromatic carbocycles. The van der Waals surface area contributed by atoms with Gasteiger partial charge in [0.15, 0.2) is 18.7 Å². The number of allylic oxidation sites excluding steroid dienone is 1. The van der Waals surface area contributed by atoms with Crippen LogP contribution in [0.1, 0.15) is 70.6 Å². The Morgan fingerprint density at radius 2 is 1.13 bits per heavy atom. The van der Waals surface area contributed by atoms with Gasteiger partial charge in [-0.2, -0.15) is 0 Å². The minimum Gasteiger partial charge on any atom is -0.481 e. The Bertz CT molecular complexity index is 1710. The number of fused-ring (bicyclic) bond motifs is 1. The maximum atomic E-state index is 12.7. The van der Waals surface area contributed by atoms with Crippen molar-refractivity contribution < 1.29 is 123 Å². The van der Waals surface area contributed by atoms with E-state index < -0.39 is 184 Å². The van der Waals surface area contributed by atoms with Gasteiger partial charge in [0, 0.05) is 18.4 Å². The first-order valence-corrected chi connectivity index (χ1v) is 22.4. The molecule has 18 atom stereocenters. The van der Waals surface area contributed by atoms with Gasteiger partial charge in [-0.25, -0.2) is 4.79 Å². The molecule has 12 N–H and O–H groups in total. The molecule has 380 valence electrons. The smallest absolute Gasteiger partial charge is 0.330 e. The number of carboxylic acid groups (broad SMARTS) is 2. The highest BCUT2D eigenvalue weighted by Gasteiger charge is 2.55. The minimum atomic E-state index is -2.08. The number of esters is 3. The first kappa shape index (κ1) is 52.9. The summed E-state index contributed by atoms with van der Waals surface area (Å²) in [5, 5.41) is 126. The Labute approximate surface area is 382 Å². The summed E-state index contributed by atoms with van der Waals surface area (Å²) in [6.45, 7) is -1.46. The van der Waals surface area contributed by atoms with Crippen molar-refractivity contribution >= 4 is 29.8 Å². The molecule has 6 aliphatic rings. The van der Waals surface area contributed by atoms with Gasteiger partial charge >= 0.3 is 29.8 Å². The van der Waals surface area contributed by atoms with Crippen molar-refractivity contribution in [1.82, 2.24) is 0 Å². The molecule has 0 aromatic heterocycles. The number of rotatable bonds is 16.